The summed E-state index contributed by atoms with van der Waals surface area (Å²) in [7, 11) is 0. The lowest BCUT2D eigenvalue weighted by molar-refractivity contribution is 1.42. The summed E-state index contributed by atoms with van der Waals surface area (Å²) in [5.74, 6) is 0. The second-order valence-corrected chi connectivity index (χ2v) is 3.33. The molecular weight excluding hydrogens is 214 g/mol. The van der Waals surface area contributed by atoms with Gasteiger partial charge in [0.05, 0.1) is 6.07 Å². The molecule has 2 heteroatoms. The van der Waals surface area contributed by atoms with Gasteiger partial charge in [-0.2, -0.15) is 5.26 Å². The summed E-state index contributed by atoms with van der Waals surface area (Å²) in [5.41, 5.74) is 2.23. The van der Waals surface area contributed by atoms with Crippen LogP contribution in [0.4, 0.5) is 0 Å². The van der Waals surface area contributed by atoms with Crippen LogP contribution in [0.15, 0.2) is 28.7 Å². The molecule has 0 aliphatic heterocycles. The topological polar surface area (TPSA) is 23.8 Å². The molecule has 1 aromatic rings. The van der Waals surface area contributed by atoms with Crippen LogP contribution in [0.25, 0.3) is 6.08 Å². The fourth-order valence-electron chi connectivity index (χ4n) is 0.846. The Labute approximate surface area is 80.5 Å². The van der Waals surface area contributed by atoms with Gasteiger partial charge in [0, 0.05) is 10.5 Å². The van der Waals surface area contributed by atoms with Crippen LogP contribution in [0.5, 0.6) is 0 Å². The molecule has 1 rings (SSSR count). The first-order chi connectivity index (χ1) is 5.74. The van der Waals surface area contributed by atoms with Crippen molar-refractivity contribution >= 4 is 22.0 Å². The highest BCUT2D eigenvalue weighted by Gasteiger charge is 1.93. The van der Waals surface area contributed by atoms with E-state index in [1.165, 1.54) is 11.6 Å². The molecule has 60 valence electrons. The summed E-state index contributed by atoms with van der Waals surface area (Å²) in [5, 5.41) is 8.30. The van der Waals surface area contributed by atoms with Gasteiger partial charge in [-0.05, 0) is 30.2 Å². The van der Waals surface area contributed by atoms with Crippen LogP contribution in [-0.4, -0.2) is 0 Å². The van der Waals surface area contributed by atoms with Crippen LogP contribution in [0, 0.1) is 18.3 Å². The minimum Gasteiger partial charge on any atom is -0.193 e. The van der Waals surface area contributed by atoms with Crippen LogP contribution < -0.4 is 0 Å². The molecule has 0 aromatic heterocycles. The molecule has 0 spiro atoms. The van der Waals surface area contributed by atoms with Crippen molar-refractivity contribution in [3.63, 3.8) is 0 Å². The number of aryl methyl sites for hydroxylation is 1. The van der Waals surface area contributed by atoms with Crippen LogP contribution in [0.3, 0.4) is 0 Å². The number of nitriles is 1. The summed E-state index contributed by atoms with van der Waals surface area (Å²) in [6, 6.07) is 7.94. The lowest BCUT2D eigenvalue weighted by Gasteiger charge is -1.97. The highest BCUT2D eigenvalue weighted by Crippen LogP contribution is 2.17. The number of allylic oxidation sites excluding steroid dienone is 1. The average molecular weight is 222 g/mol. The minimum absolute atomic E-state index is 1.04. The van der Waals surface area contributed by atoms with Gasteiger partial charge in [0.1, 0.15) is 0 Å². The normalized spacial score (nSPS) is 10.1. The predicted octanol–water partition coefficient (Wildman–Crippen LogP) is 3.29. The van der Waals surface area contributed by atoms with E-state index in [0.717, 1.165) is 10.0 Å². The molecule has 0 unspecified atom stereocenters. The Hall–Kier alpha value is -1.07. The predicted molar refractivity (Wildman–Crippen MR) is 53.5 cm³/mol. The lowest BCUT2D eigenvalue weighted by atomic mass is 10.1. The molecule has 1 aromatic carbocycles. The SMILES string of the molecule is Cc1ccc(C=CC#N)cc1Br. The van der Waals surface area contributed by atoms with E-state index in [1.807, 2.05) is 31.2 Å². The summed E-state index contributed by atoms with van der Waals surface area (Å²) >= 11 is 3.42. The third-order valence-corrected chi connectivity index (χ3v) is 2.40. The molecule has 0 radical (unpaired) electrons. The van der Waals surface area contributed by atoms with Gasteiger partial charge in [0.2, 0.25) is 0 Å². The fourth-order valence-corrected chi connectivity index (χ4v) is 1.24. The Morgan fingerprint density at radius 1 is 1.50 bits per heavy atom. The van der Waals surface area contributed by atoms with E-state index in [2.05, 4.69) is 15.9 Å². The zero-order chi connectivity index (χ0) is 8.97. The molecule has 0 saturated carbocycles. The lowest BCUT2D eigenvalue weighted by Crippen LogP contribution is -1.76. The number of hydrogen-bond acceptors (Lipinski definition) is 1. The standard InChI is InChI=1S/C10H8BrN/c1-8-4-5-9(3-2-6-12)7-10(8)11/h2-5,7H,1H3. The van der Waals surface area contributed by atoms with Crippen LogP contribution in [0.1, 0.15) is 11.1 Å². The first-order valence-electron chi connectivity index (χ1n) is 3.56. The number of hydrogen-bond donors (Lipinski definition) is 0. The Morgan fingerprint density at radius 3 is 2.83 bits per heavy atom. The Morgan fingerprint density at radius 2 is 2.25 bits per heavy atom. The van der Waals surface area contributed by atoms with Crippen molar-refractivity contribution in [2.45, 2.75) is 6.92 Å². The molecule has 0 N–H and O–H groups in total. The van der Waals surface area contributed by atoms with Crippen LogP contribution in [0.2, 0.25) is 0 Å². The van der Waals surface area contributed by atoms with E-state index in [-0.39, 0.29) is 0 Å². The molecule has 0 fully saturated rings. The highest BCUT2D eigenvalue weighted by molar-refractivity contribution is 9.10. The van der Waals surface area contributed by atoms with Gasteiger partial charge in [0.15, 0.2) is 0 Å². The van der Waals surface area contributed by atoms with E-state index in [1.54, 1.807) is 6.08 Å². The maximum Gasteiger partial charge on any atom is 0.0912 e. The van der Waals surface area contributed by atoms with Gasteiger partial charge in [0.25, 0.3) is 0 Å². The van der Waals surface area contributed by atoms with E-state index in [4.69, 9.17) is 5.26 Å². The third kappa shape index (κ3) is 2.21. The van der Waals surface area contributed by atoms with Crippen molar-refractivity contribution in [2.75, 3.05) is 0 Å². The van der Waals surface area contributed by atoms with E-state index < -0.39 is 0 Å². The molecule has 0 aliphatic rings. The van der Waals surface area contributed by atoms with Crippen LogP contribution >= 0.6 is 15.9 Å². The summed E-state index contributed by atoms with van der Waals surface area (Å²) in [4.78, 5) is 0. The van der Waals surface area contributed by atoms with Crippen molar-refractivity contribution in [1.29, 1.82) is 5.26 Å². The maximum absolute atomic E-state index is 8.30. The molecule has 0 aliphatic carbocycles. The Kier molecular flexibility index (Phi) is 3.07. The molecule has 0 heterocycles. The first-order valence-corrected chi connectivity index (χ1v) is 4.35. The van der Waals surface area contributed by atoms with Gasteiger partial charge in [-0.25, -0.2) is 0 Å². The smallest absolute Gasteiger partial charge is 0.0912 e. The number of benzene rings is 1. The van der Waals surface area contributed by atoms with Crippen molar-refractivity contribution in [3.05, 3.63) is 39.9 Å². The second kappa shape index (κ2) is 4.08. The van der Waals surface area contributed by atoms with Gasteiger partial charge < -0.3 is 0 Å². The molecule has 0 amide bonds. The van der Waals surface area contributed by atoms with E-state index >= 15 is 0 Å². The molecule has 0 atom stereocenters. The Bertz CT molecular complexity index is 347. The maximum atomic E-state index is 8.30. The average Bonchev–Trinajstić information content (AvgIpc) is 2.07. The first kappa shape index (κ1) is 9.02. The van der Waals surface area contributed by atoms with Crippen molar-refractivity contribution < 1.29 is 0 Å². The van der Waals surface area contributed by atoms with Gasteiger partial charge in [-0.3, -0.25) is 0 Å². The Balaban J connectivity index is 2.99. The number of nitrogens with zero attached hydrogens (tertiary/aromatic N) is 1. The summed E-state index contributed by atoms with van der Waals surface area (Å²) in [6.07, 6.45) is 3.25. The van der Waals surface area contributed by atoms with Gasteiger partial charge in [-0.1, -0.05) is 28.1 Å². The fraction of sp³-hybridized carbons (Fsp3) is 0.100. The monoisotopic (exact) mass is 221 g/mol. The number of halogens is 1. The zero-order valence-electron chi connectivity index (χ0n) is 6.71. The van der Waals surface area contributed by atoms with E-state index in [0.29, 0.717) is 0 Å². The molecule has 1 nitrogen and oxygen atoms in total. The van der Waals surface area contributed by atoms with Crippen molar-refractivity contribution in [2.24, 2.45) is 0 Å². The van der Waals surface area contributed by atoms with Crippen LogP contribution in [-0.2, 0) is 0 Å². The van der Waals surface area contributed by atoms with Gasteiger partial charge >= 0.3 is 0 Å². The number of rotatable bonds is 1. The summed E-state index contributed by atoms with van der Waals surface area (Å²) in [6.45, 7) is 2.03. The quantitative estimate of drug-likeness (QED) is 0.668. The van der Waals surface area contributed by atoms with Gasteiger partial charge in [-0.15, -0.1) is 0 Å². The highest BCUT2D eigenvalue weighted by atomic mass is 79.9. The largest absolute Gasteiger partial charge is 0.193 e. The molecule has 0 bridgehead atoms. The zero-order valence-corrected chi connectivity index (χ0v) is 8.30. The third-order valence-electron chi connectivity index (χ3n) is 1.55. The summed E-state index contributed by atoms with van der Waals surface area (Å²) < 4.78 is 1.07. The molecule has 12 heavy (non-hydrogen) atoms. The second-order valence-electron chi connectivity index (χ2n) is 2.47. The molecular formula is C10H8BrN. The van der Waals surface area contributed by atoms with Crippen molar-refractivity contribution in [1.82, 2.24) is 0 Å². The van der Waals surface area contributed by atoms with E-state index in [9.17, 15) is 0 Å². The minimum atomic E-state index is 1.04. The molecule has 0 saturated heterocycles. The van der Waals surface area contributed by atoms with Crippen molar-refractivity contribution in [3.8, 4) is 6.07 Å².